The van der Waals surface area contributed by atoms with E-state index in [1.54, 1.807) is 19.9 Å². The second kappa shape index (κ2) is 6.68. The summed E-state index contributed by atoms with van der Waals surface area (Å²) in [6, 6.07) is 4.54. The summed E-state index contributed by atoms with van der Waals surface area (Å²) in [6.07, 6.45) is -2.54. The van der Waals surface area contributed by atoms with E-state index in [9.17, 15) is 14.4 Å². The molecule has 0 aromatic heterocycles. The molecule has 156 valence electrons. The first kappa shape index (κ1) is 19.6. The zero-order valence-electron chi connectivity index (χ0n) is 16.4. The molecule has 0 aliphatic carbocycles. The minimum atomic E-state index is -1.92. The van der Waals surface area contributed by atoms with Gasteiger partial charge in [0.15, 0.2) is 11.9 Å². The van der Waals surface area contributed by atoms with Gasteiger partial charge in [0, 0.05) is 6.07 Å². The Balaban J connectivity index is 1.59. The highest BCUT2D eigenvalue weighted by atomic mass is 16.8. The van der Waals surface area contributed by atoms with Crippen LogP contribution < -0.4 is 9.47 Å². The zero-order valence-corrected chi connectivity index (χ0v) is 16.4. The van der Waals surface area contributed by atoms with Gasteiger partial charge in [-0.15, -0.1) is 0 Å². The molecule has 1 aromatic carbocycles. The lowest BCUT2D eigenvalue weighted by Crippen LogP contribution is -2.59. The molecule has 0 N–H and O–H groups in total. The van der Waals surface area contributed by atoms with E-state index in [0.717, 1.165) is 4.90 Å². The number of hydrogen-bond acceptors (Lipinski definition) is 9. The van der Waals surface area contributed by atoms with Crippen molar-refractivity contribution < 1.29 is 42.8 Å². The van der Waals surface area contributed by atoms with Crippen molar-refractivity contribution in [3.8, 4) is 11.5 Å². The SMILES string of the molecule is COc1ccc(C(=O)N2C[C@]3(OC[C@H]4OC(C)(C)O[C@H]4C3=O)OC2=O)c(OC)c1. The van der Waals surface area contributed by atoms with Crippen LogP contribution in [0.5, 0.6) is 11.5 Å². The third kappa shape index (κ3) is 3.13. The summed E-state index contributed by atoms with van der Waals surface area (Å²) in [6.45, 7) is 2.95. The highest BCUT2D eigenvalue weighted by molar-refractivity contribution is 6.07. The molecule has 10 nitrogen and oxygen atoms in total. The van der Waals surface area contributed by atoms with Crippen molar-refractivity contribution in [3.05, 3.63) is 23.8 Å². The van der Waals surface area contributed by atoms with Crippen molar-refractivity contribution in [2.45, 2.75) is 37.6 Å². The van der Waals surface area contributed by atoms with E-state index in [2.05, 4.69) is 0 Å². The maximum Gasteiger partial charge on any atom is 0.420 e. The Hall–Kier alpha value is -2.69. The first-order valence-electron chi connectivity index (χ1n) is 9.00. The molecule has 3 aliphatic heterocycles. The lowest BCUT2D eigenvalue weighted by molar-refractivity contribution is -0.219. The van der Waals surface area contributed by atoms with Crippen molar-refractivity contribution in [1.82, 2.24) is 4.90 Å². The van der Waals surface area contributed by atoms with E-state index in [0.29, 0.717) is 5.75 Å². The molecule has 10 heteroatoms. The minimum absolute atomic E-state index is 0.0129. The van der Waals surface area contributed by atoms with Gasteiger partial charge in [0.2, 0.25) is 5.78 Å². The summed E-state index contributed by atoms with van der Waals surface area (Å²) >= 11 is 0. The second-order valence-corrected chi connectivity index (χ2v) is 7.35. The molecule has 0 radical (unpaired) electrons. The number of ketones is 1. The summed E-state index contributed by atoms with van der Waals surface area (Å²) in [5.41, 5.74) is 0.116. The van der Waals surface area contributed by atoms with Gasteiger partial charge in [-0.25, -0.2) is 9.69 Å². The molecule has 0 saturated carbocycles. The Morgan fingerprint density at radius 3 is 2.62 bits per heavy atom. The molecular formula is C19H21NO9. The van der Waals surface area contributed by atoms with E-state index in [-0.39, 0.29) is 17.9 Å². The lowest BCUT2D eigenvalue weighted by Gasteiger charge is -2.34. The minimum Gasteiger partial charge on any atom is -0.497 e. The van der Waals surface area contributed by atoms with Crippen LogP contribution in [0, 0.1) is 0 Å². The number of fused-ring (bicyclic) bond motifs is 1. The molecule has 29 heavy (non-hydrogen) atoms. The topological polar surface area (TPSA) is 110 Å². The van der Waals surface area contributed by atoms with Gasteiger partial charge in [-0.1, -0.05) is 0 Å². The summed E-state index contributed by atoms with van der Waals surface area (Å²) in [7, 11) is 2.87. The fourth-order valence-corrected chi connectivity index (χ4v) is 3.66. The number of benzene rings is 1. The fourth-order valence-electron chi connectivity index (χ4n) is 3.66. The summed E-state index contributed by atoms with van der Waals surface area (Å²) < 4.78 is 32.4. The first-order chi connectivity index (χ1) is 13.7. The Labute approximate surface area is 166 Å². The first-order valence-corrected chi connectivity index (χ1v) is 9.00. The third-order valence-electron chi connectivity index (χ3n) is 5.02. The Bertz CT molecular complexity index is 882. The summed E-state index contributed by atoms with van der Waals surface area (Å²) in [5, 5.41) is 0. The van der Waals surface area contributed by atoms with Crippen molar-refractivity contribution in [2.75, 3.05) is 27.4 Å². The predicted molar refractivity (Wildman–Crippen MR) is 94.6 cm³/mol. The molecule has 3 atom stereocenters. The smallest absolute Gasteiger partial charge is 0.420 e. The van der Waals surface area contributed by atoms with Crippen LogP contribution in [0.25, 0.3) is 0 Å². The van der Waals surface area contributed by atoms with Gasteiger partial charge in [-0.05, 0) is 26.0 Å². The molecule has 1 spiro atoms. The molecule has 3 aliphatic rings. The van der Waals surface area contributed by atoms with E-state index in [1.807, 2.05) is 0 Å². The number of imide groups is 1. The van der Waals surface area contributed by atoms with Crippen LogP contribution in [0.2, 0.25) is 0 Å². The summed E-state index contributed by atoms with van der Waals surface area (Å²) in [5.74, 6) is -3.46. The van der Waals surface area contributed by atoms with E-state index in [4.69, 9.17) is 28.4 Å². The number of amides is 2. The maximum absolute atomic E-state index is 13.0. The van der Waals surface area contributed by atoms with Gasteiger partial charge in [0.05, 0.1) is 26.4 Å². The number of Topliss-reactive ketones (excluding diaryl/α,β-unsaturated/α-hetero) is 1. The van der Waals surface area contributed by atoms with Gasteiger partial charge >= 0.3 is 6.09 Å². The highest BCUT2D eigenvalue weighted by Gasteiger charge is 2.63. The van der Waals surface area contributed by atoms with Gasteiger partial charge in [-0.2, -0.15) is 0 Å². The van der Waals surface area contributed by atoms with Crippen LogP contribution in [0.15, 0.2) is 18.2 Å². The standard InChI is InChI=1S/C19H21NO9/c1-18(2)27-13-8-26-19(15(21)14(13)28-18)9-20(17(23)29-19)16(22)11-6-5-10(24-3)7-12(11)25-4/h5-7,13-14H,8-9H2,1-4H3/t13-,14-,19+/m1/s1. The highest BCUT2D eigenvalue weighted by Crippen LogP contribution is 2.39. The molecule has 3 saturated heterocycles. The van der Waals surface area contributed by atoms with Crippen molar-refractivity contribution in [3.63, 3.8) is 0 Å². The number of ether oxygens (including phenoxy) is 6. The monoisotopic (exact) mass is 407 g/mol. The van der Waals surface area contributed by atoms with Crippen LogP contribution in [0.1, 0.15) is 24.2 Å². The Morgan fingerprint density at radius 2 is 1.93 bits per heavy atom. The number of carbonyl (C=O) groups is 3. The van der Waals surface area contributed by atoms with Gasteiger partial charge in [0.25, 0.3) is 11.7 Å². The predicted octanol–water partition coefficient (Wildman–Crippen LogP) is 1.11. The molecule has 3 fully saturated rings. The Kier molecular flexibility index (Phi) is 4.52. The summed E-state index contributed by atoms with van der Waals surface area (Å²) in [4.78, 5) is 39.2. The van der Waals surface area contributed by atoms with Crippen molar-refractivity contribution in [1.29, 1.82) is 0 Å². The van der Waals surface area contributed by atoms with Gasteiger partial charge in [-0.3, -0.25) is 9.59 Å². The fraction of sp³-hybridized carbons (Fsp3) is 0.526. The lowest BCUT2D eigenvalue weighted by atomic mass is 9.98. The quantitative estimate of drug-likeness (QED) is 0.728. The number of hydrogen-bond donors (Lipinski definition) is 0. The number of methoxy groups -OCH3 is 2. The molecule has 0 bridgehead atoms. The van der Waals surface area contributed by atoms with E-state index in [1.165, 1.54) is 26.4 Å². The van der Waals surface area contributed by atoms with Gasteiger partial charge in [0.1, 0.15) is 24.1 Å². The van der Waals surface area contributed by atoms with E-state index < -0.39 is 48.1 Å². The van der Waals surface area contributed by atoms with Crippen molar-refractivity contribution in [2.24, 2.45) is 0 Å². The molecular weight excluding hydrogens is 386 g/mol. The molecule has 0 unspecified atom stereocenters. The number of carbonyl (C=O) groups excluding carboxylic acids is 3. The van der Waals surface area contributed by atoms with Crippen LogP contribution >= 0.6 is 0 Å². The molecule has 3 heterocycles. The Morgan fingerprint density at radius 1 is 1.17 bits per heavy atom. The van der Waals surface area contributed by atoms with Gasteiger partial charge < -0.3 is 28.4 Å². The average Bonchev–Trinajstić information content (AvgIpc) is 3.20. The molecule has 1 aromatic rings. The maximum atomic E-state index is 13.0. The van der Waals surface area contributed by atoms with Crippen LogP contribution in [0.3, 0.4) is 0 Å². The normalized spacial score (nSPS) is 30.3. The van der Waals surface area contributed by atoms with Crippen molar-refractivity contribution >= 4 is 17.8 Å². The van der Waals surface area contributed by atoms with Crippen LogP contribution in [0.4, 0.5) is 4.79 Å². The second-order valence-electron chi connectivity index (χ2n) is 7.35. The molecule has 4 rings (SSSR count). The number of rotatable bonds is 3. The number of nitrogens with zero attached hydrogens (tertiary/aromatic N) is 1. The molecule has 2 amide bonds. The largest absolute Gasteiger partial charge is 0.497 e. The van der Waals surface area contributed by atoms with Crippen LogP contribution in [-0.2, 0) is 23.7 Å². The average molecular weight is 407 g/mol. The van der Waals surface area contributed by atoms with Crippen LogP contribution in [-0.4, -0.2) is 73.8 Å². The third-order valence-corrected chi connectivity index (χ3v) is 5.02. The van der Waals surface area contributed by atoms with E-state index >= 15 is 0 Å². The zero-order chi connectivity index (χ0) is 21.0.